The second-order valence-corrected chi connectivity index (χ2v) is 10.9. The summed E-state index contributed by atoms with van der Waals surface area (Å²) < 4.78 is 41.9. The fourth-order valence-electron chi connectivity index (χ4n) is 4.68. The minimum absolute atomic E-state index is 0.00117. The van der Waals surface area contributed by atoms with Crippen molar-refractivity contribution >= 4 is 32.5 Å². The van der Waals surface area contributed by atoms with Crippen LogP contribution in [0.25, 0.3) is 10.9 Å². The monoisotopic (exact) mass is 518 g/mol. The number of nitrogens with one attached hydrogen (secondary N) is 1. The Morgan fingerprint density at radius 3 is 2.46 bits per heavy atom. The number of pyridine rings is 1. The second kappa shape index (κ2) is 10.3. The van der Waals surface area contributed by atoms with Gasteiger partial charge in [0, 0.05) is 55.1 Å². The SMILES string of the molecule is CC1CN(Cc2ccc(F)cc2)CCN1C(=O)c1ccc(NS(=O)(=O)c2cccc3cccnc23)cc1. The zero-order chi connectivity index (χ0) is 26.0. The van der Waals surface area contributed by atoms with Gasteiger partial charge in [-0.1, -0.05) is 30.3 Å². The third kappa shape index (κ3) is 5.47. The van der Waals surface area contributed by atoms with Crippen LogP contribution in [0, 0.1) is 5.82 Å². The van der Waals surface area contributed by atoms with Crippen molar-refractivity contribution in [2.75, 3.05) is 24.4 Å². The lowest BCUT2D eigenvalue weighted by Gasteiger charge is -2.40. The van der Waals surface area contributed by atoms with Crippen LogP contribution in [-0.2, 0) is 16.6 Å². The maximum atomic E-state index is 13.2. The molecule has 0 saturated carbocycles. The van der Waals surface area contributed by atoms with Gasteiger partial charge in [-0.2, -0.15) is 0 Å². The van der Waals surface area contributed by atoms with Crippen LogP contribution in [-0.4, -0.2) is 54.8 Å². The number of benzene rings is 3. The molecule has 1 amide bonds. The van der Waals surface area contributed by atoms with Crippen molar-refractivity contribution in [2.45, 2.75) is 24.4 Å². The normalized spacial score (nSPS) is 16.6. The first kappa shape index (κ1) is 24.9. The van der Waals surface area contributed by atoms with Gasteiger partial charge in [0.25, 0.3) is 15.9 Å². The number of halogens is 1. The van der Waals surface area contributed by atoms with E-state index in [0.29, 0.717) is 42.9 Å². The highest BCUT2D eigenvalue weighted by molar-refractivity contribution is 7.93. The van der Waals surface area contributed by atoms with E-state index >= 15 is 0 Å². The average Bonchev–Trinajstić information content (AvgIpc) is 2.89. The van der Waals surface area contributed by atoms with Gasteiger partial charge in [-0.05, 0) is 61.0 Å². The standard InChI is InChI=1S/C28H27FN4O3S/c1-20-18-32(19-21-7-11-24(29)12-8-21)16-17-33(20)28(34)23-9-13-25(14-10-23)31-37(35,36)26-6-2-4-22-5-3-15-30-27(22)26/h2-15,20,31H,16-19H2,1H3. The molecule has 3 aromatic carbocycles. The summed E-state index contributed by atoms with van der Waals surface area (Å²) in [7, 11) is -3.87. The number of sulfonamides is 1. The van der Waals surface area contributed by atoms with E-state index in [4.69, 9.17) is 0 Å². The molecule has 0 aliphatic carbocycles. The van der Waals surface area contributed by atoms with Gasteiger partial charge in [0.05, 0.1) is 5.52 Å². The quantitative estimate of drug-likeness (QED) is 0.406. The van der Waals surface area contributed by atoms with Crippen molar-refractivity contribution in [2.24, 2.45) is 0 Å². The summed E-state index contributed by atoms with van der Waals surface area (Å²) in [6, 6.07) is 21.5. The summed E-state index contributed by atoms with van der Waals surface area (Å²) in [6.45, 7) is 4.71. The molecule has 1 atom stereocenters. The number of para-hydroxylation sites is 1. The Hall–Kier alpha value is -3.82. The Kier molecular flexibility index (Phi) is 6.90. The van der Waals surface area contributed by atoms with E-state index in [1.54, 1.807) is 54.7 Å². The van der Waals surface area contributed by atoms with E-state index in [9.17, 15) is 17.6 Å². The molecule has 2 heterocycles. The number of carbonyl (C=O) groups excluding carboxylic acids is 1. The summed E-state index contributed by atoms with van der Waals surface area (Å²) in [5.41, 5.74) is 2.29. The predicted octanol–water partition coefficient (Wildman–Crippen LogP) is 4.52. The molecule has 9 heteroatoms. The lowest BCUT2D eigenvalue weighted by Crippen LogP contribution is -2.53. The van der Waals surface area contributed by atoms with Gasteiger partial charge >= 0.3 is 0 Å². The first-order chi connectivity index (χ1) is 17.8. The summed E-state index contributed by atoms with van der Waals surface area (Å²) in [5, 5.41) is 0.734. The molecule has 1 aromatic heterocycles. The number of amides is 1. The minimum Gasteiger partial charge on any atom is -0.333 e. The fourth-order valence-corrected chi connectivity index (χ4v) is 5.92. The Labute approximate surface area is 215 Å². The van der Waals surface area contributed by atoms with Crippen LogP contribution in [0.3, 0.4) is 0 Å². The van der Waals surface area contributed by atoms with E-state index in [0.717, 1.165) is 10.9 Å². The molecule has 1 saturated heterocycles. The molecule has 37 heavy (non-hydrogen) atoms. The van der Waals surface area contributed by atoms with E-state index in [2.05, 4.69) is 14.6 Å². The molecule has 190 valence electrons. The zero-order valence-corrected chi connectivity index (χ0v) is 21.2. The lowest BCUT2D eigenvalue weighted by atomic mass is 10.1. The zero-order valence-electron chi connectivity index (χ0n) is 20.3. The number of hydrogen-bond acceptors (Lipinski definition) is 5. The number of nitrogens with zero attached hydrogens (tertiary/aromatic N) is 3. The van der Waals surface area contributed by atoms with Crippen molar-refractivity contribution in [1.29, 1.82) is 0 Å². The second-order valence-electron chi connectivity index (χ2n) is 9.22. The van der Waals surface area contributed by atoms with E-state index in [1.165, 1.54) is 18.2 Å². The molecular formula is C28H27FN4O3S. The molecule has 1 aliphatic rings. The van der Waals surface area contributed by atoms with Gasteiger partial charge in [-0.25, -0.2) is 12.8 Å². The number of anilines is 1. The first-order valence-electron chi connectivity index (χ1n) is 12.0. The molecule has 0 spiro atoms. The number of piperazine rings is 1. The molecule has 1 N–H and O–H groups in total. The number of fused-ring (bicyclic) bond motifs is 1. The van der Waals surface area contributed by atoms with Crippen LogP contribution in [0.2, 0.25) is 0 Å². The van der Waals surface area contributed by atoms with E-state index in [1.807, 2.05) is 24.0 Å². The summed E-state index contributed by atoms with van der Waals surface area (Å²) in [5.74, 6) is -0.349. The molecule has 0 radical (unpaired) electrons. The van der Waals surface area contributed by atoms with Gasteiger partial charge in [0.15, 0.2) is 0 Å². The Morgan fingerprint density at radius 2 is 1.73 bits per heavy atom. The number of hydrogen-bond donors (Lipinski definition) is 1. The van der Waals surface area contributed by atoms with Gasteiger partial charge < -0.3 is 4.90 Å². The van der Waals surface area contributed by atoms with Gasteiger partial charge in [-0.3, -0.25) is 19.4 Å². The molecule has 5 rings (SSSR count). The number of rotatable bonds is 6. The molecular weight excluding hydrogens is 491 g/mol. The Bertz CT molecular complexity index is 1520. The molecule has 1 fully saturated rings. The fraction of sp³-hybridized carbons (Fsp3) is 0.214. The minimum atomic E-state index is -3.87. The van der Waals surface area contributed by atoms with Crippen LogP contribution >= 0.6 is 0 Å². The first-order valence-corrected chi connectivity index (χ1v) is 13.5. The lowest BCUT2D eigenvalue weighted by molar-refractivity contribution is 0.0475. The topological polar surface area (TPSA) is 82.6 Å². The van der Waals surface area contributed by atoms with Crippen molar-refractivity contribution < 1.29 is 17.6 Å². The maximum Gasteiger partial charge on any atom is 0.264 e. The molecule has 0 bridgehead atoms. The smallest absolute Gasteiger partial charge is 0.264 e. The van der Waals surface area contributed by atoms with Gasteiger partial charge in [0.1, 0.15) is 10.7 Å². The largest absolute Gasteiger partial charge is 0.333 e. The maximum absolute atomic E-state index is 13.2. The molecule has 1 unspecified atom stereocenters. The third-order valence-electron chi connectivity index (χ3n) is 6.56. The number of aromatic nitrogens is 1. The molecule has 4 aromatic rings. The van der Waals surface area contributed by atoms with Crippen molar-refractivity contribution in [3.63, 3.8) is 0 Å². The van der Waals surface area contributed by atoms with Crippen molar-refractivity contribution in [1.82, 2.24) is 14.8 Å². The van der Waals surface area contributed by atoms with E-state index in [-0.39, 0.29) is 22.7 Å². The van der Waals surface area contributed by atoms with Gasteiger partial charge in [-0.15, -0.1) is 0 Å². The summed E-state index contributed by atoms with van der Waals surface area (Å²) in [4.78, 5) is 21.6. The van der Waals surface area contributed by atoms with Crippen LogP contribution in [0.5, 0.6) is 0 Å². The predicted molar refractivity (Wildman–Crippen MR) is 141 cm³/mol. The van der Waals surface area contributed by atoms with Gasteiger partial charge in [0.2, 0.25) is 0 Å². The highest BCUT2D eigenvalue weighted by Gasteiger charge is 2.28. The summed E-state index contributed by atoms with van der Waals surface area (Å²) in [6.07, 6.45) is 1.56. The Balaban J connectivity index is 1.24. The molecule has 7 nitrogen and oxygen atoms in total. The van der Waals surface area contributed by atoms with Crippen molar-refractivity contribution in [3.8, 4) is 0 Å². The van der Waals surface area contributed by atoms with Crippen LogP contribution < -0.4 is 4.72 Å². The third-order valence-corrected chi connectivity index (χ3v) is 7.97. The van der Waals surface area contributed by atoms with Crippen LogP contribution in [0.15, 0.2) is 90.0 Å². The highest BCUT2D eigenvalue weighted by Crippen LogP contribution is 2.24. The van der Waals surface area contributed by atoms with Crippen LogP contribution in [0.4, 0.5) is 10.1 Å². The van der Waals surface area contributed by atoms with Crippen LogP contribution in [0.1, 0.15) is 22.8 Å². The summed E-state index contributed by atoms with van der Waals surface area (Å²) >= 11 is 0. The number of carbonyl (C=O) groups is 1. The Morgan fingerprint density at radius 1 is 1.00 bits per heavy atom. The average molecular weight is 519 g/mol. The van der Waals surface area contributed by atoms with E-state index < -0.39 is 10.0 Å². The van der Waals surface area contributed by atoms with Crippen molar-refractivity contribution in [3.05, 3.63) is 102 Å². The highest BCUT2D eigenvalue weighted by atomic mass is 32.2. The molecule has 1 aliphatic heterocycles.